The molecule has 1 atom stereocenters. The predicted molar refractivity (Wildman–Crippen MR) is 113 cm³/mol. The summed E-state index contributed by atoms with van der Waals surface area (Å²) in [6, 6.07) is 20.5. The van der Waals surface area contributed by atoms with Crippen molar-refractivity contribution in [1.29, 1.82) is 0 Å². The molecule has 3 N–H and O–H groups in total. The summed E-state index contributed by atoms with van der Waals surface area (Å²) in [6.07, 6.45) is -0.361. The van der Waals surface area contributed by atoms with Gasteiger partial charge in [-0.25, -0.2) is 13.9 Å². The van der Waals surface area contributed by atoms with Crippen LogP contribution in [0, 0.1) is 0 Å². The first-order valence-corrected chi connectivity index (χ1v) is 9.84. The van der Waals surface area contributed by atoms with Crippen LogP contribution in [-0.4, -0.2) is 33.2 Å². The van der Waals surface area contributed by atoms with Crippen molar-refractivity contribution in [1.82, 2.24) is 20.6 Å². The number of nitrogens with zero attached hydrogens (tertiary/aromatic N) is 3. The maximum absolute atomic E-state index is 14.6. The van der Waals surface area contributed by atoms with Gasteiger partial charge in [-0.05, 0) is 39.2 Å². The monoisotopic (exact) mass is 419 g/mol. The third kappa shape index (κ3) is 3.61. The molecule has 0 radical (unpaired) electrons. The van der Waals surface area contributed by atoms with Gasteiger partial charge in [-0.3, -0.25) is 0 Å². The summed E-state index contributed by atoms with van der Waals surface area (Å²) >= 11 is 0. The summed E-state index contributed by atoms with van der Waals surface area (Å²) in [4.78, 5) is 0. The molecule has 31 heavy (non-hydrogen) atoms. The summed E-state index contributed by atoms with van der Waals surface area (Å²) in [5, 5.41) is 14.1. The number of aromatic amines is 1. The molecule has 0 spiro atoms. The fourth-order valence-corrected chi connectivity index (χ4v) is 4.10. The molecular formula is C23H19F2N5O. The Morgan fingerprint density at radius 1 is 1.00 bits per heavy atom. The molecule has 0 amide bonds. The number of alkyl halides is 2. The smallest absolute Gasteiger partial charge is 0.282 e. The van der Waals surface area contributed by atoms with Crippen LogP contribution >= 0.6 is 0 Å². The van der Waals surface area contributed by atoms with Crippen LogP contribution in [0.25, 0.3) is 22.5 Å². The van der Waals surface area contributed by atoms with E-state index in [2.05, 4.69) is 20.6 Å². The van der Waals surface area contributed by atoms with Crippen molar-refractivity contribution < 1.29 is 13.5 Å². The second kappa shape index (κ2) is 7.46. The van der Waals surface area contributed by atoms with Crippen LogP contribution in [0.5, 0.6) is 5.75 Å². The number of fused-ring (bicyclic) bond motifs is 1. The molecule has 0 saturated carbocycles. The average Bonchev–Trinajstić information content (AvgIpc) is 3.27. The van der Waals surface area contributed by atoms with Gasteiger partial charge in [-0.2, -0.15) is 0 Å². The van der Waals surface area contributed by atoms with Gasteiger partial charge in [0.1, 0.15) is 5.75 Å². The number of nitrogens with two attached hydrogens (primary N) is 1. The van der Waals surface area contributed by atoms with Crippen molar-refractivity contribution in [3.63, 3.8) is 0 Å². The third-order valence-electron chi connectivity index (χ3n) is 5.49. The number of tetrazole rings is 1. The lowest BCUT2D eigenvalue weighted by molar-refractivity contribution is -0.0448. The van der Waals surface area contributed by atoms with Gasteiger partial charge in [-0.15, -0.1) is 5.10 Å². The minimum atomic E-state index is -2.98. The van der Waals surface area contributed by atoms with Crippen molar-refractivity contribution in [2.45, 2.75) is 18.3 Å². The minimum absolute atomic E-state index is 0.314. The van der Waals surface area contributed by atoms with Crippen LogP contribution in [0.15, 0.2) is 66.7 Å². The maximum Gasteiger partial charge on any atom is 0.282 e. The Morgan fingerprint density at radius 2 is 1.74 bits per heavy atom. The lowest BCUT2D eigenvalue weighted by Gasteiger charge is -2.21. The second-order valence-corrected chi connectivity index (χ2v) is 7.59. The molecule has 3 aromatic carbocycles. The molecular weight excluding hydrogens is 400 g/mol. The highest BCUT2D eigenvalue weighted by Crippen LogP contribution is 2.47. The first kappa shape index (κ1) is 19.2. The SMILES string of the molecule is Nc1cc(-c2ccccc2-c2nnn[nH]2)cc2c1OCC(F)(F)CC2c1ccccc1. The number of aromatic nitrogens is 4. The van der Waals surface area contributed by atoms with E-state index in [1.807, 2.05) is 60.7 Å². The van der Waals surface area contributed by atoms with Crippen LogP contribution in [0.1, 0.15) is 23.5 Å². The Morgan fingerprint density at radius 3 is 2.48 bits per heavy atom. The molecule has 1 aromatic heterocycles. The first-order valence-electron chi connectivity index (χ1n) is 9.84. The van der Waals surface area contributed by atoms with E-state index < -0.39 is 18.4 Å². The van der Waals surface area contributed by atoms with Crippen molar-refractivity contribution in [3.8, 4) is 28.3 Å². The number of ether oxygens (including phenoxy) is 1. The van der Waals surface area contributed by atoms with Gasteiger partial charge in [0.25, 0.3) is 5.92 Å². The van der Waals surface area contributed by atoms with Gasteiger partial charge >= 0.3 is 0 Å². The summed E-state index contributed by atoms with van der Waals surface area (Å²) in [6.45, 7) is -0.701. The molecule has 0 fully saturated rings. The van der Waals surface area contributed by atoms with Crippen molar-refractivity contribution >= 4 is 5.69 Å². The minimum Gasteiger partial charge on any atom is -0.485 e. The van der Waals surface area contributed by atoms with Crippen LogP contribution in [0.4, 0.5) is 14.5 Å². The highest BCUT2D eigenvalue weighted by molar-refractivity contribution is 5.83. The van der Waals surface area contributed by atoms with Crippen molar-refractivity contribution in [2.24, 2.45) is 0 Å². The molecule has 6 nitrogen and oxygen atoms in total. The summed E-state index contributed by atoms with van der Waals surface area (Å²) in [7, 11) is 0. The number of nitrogens with one attached hydrogen (secondary N) is 1. The Balaban J connectivity index is 1.70. The Labute approximate surface area is 177 Å². The molecule has 2 heterocycles. The maximum atomic E-state index is 14.6. The van der Waals surface area contributed by atoms with Gasteiger partial charge in [0.15, 0.2) is 12.4 Å². The number of nitrogen functional groups attached to an aromatic ring is 1. The number of benzene rings is 3. The number of halogens is 2. The zero-order valence-corrected chi connectivity index (χ0v) is 16.4. The number of anilines is 1. The standard InChI is InChI=1S/C23H19F2N5O/c24-23(25)12-19(14-6-2-1-3-7-14)18-10-15(11-20(26)21(18)31-13-23)16-8-4-5-9-17(16)22-27-29-30-28-22/h1-11,19H,12-13,26H2,(H,27,28,29,30). The first-order chi connectivity index (χ1) is 15.0. The number of rotatable bonds is 3. The Bertz CT molecular complexity index is 1210. The molecule has 1 aliphatic rings. The third-order valence-corrected chi connectivity index (χ3v) is 5.49. The number of hydrogen-bond acceptors (Lipinski definition) is 5. The van der Waals surface area contributed by atoms with Gasteiger partial charge in [0.2, 0.25) is 0 Å². The fraction of sp³-hybridized carbons (Fsp3) is 0.174. The molecule has 156 valence electrons. The molecule has 8 heteroatoms. The average molecular weight is 419 g/mol. The predicted octanol–water partition coefficient (Wildman–Crippen LogP) is 4.67. The van der Waals surface area contributed by atoms with E-state index >= 15 is 0 Å². The summed E-state index contributed by atoms with van der Waals surface area (Å²) in [5.74, 6) is -2.72. The van der Waals surface area contributed by atoms with E-state index in [-0.39, 0.29) is 6.42 Å². The molecule has 0 bridgehead atoms. The van der Waals surface area contributed by atoms with Crippen molar-refractivity contribution in [3.05, 3.63) is 77.9 Å². The molecule has 1 aliphatic heterocycles. The molecule has 1 unspecified atom stereocenters. The molecule has 0 saturated heterocycles. The quantitative estimate of drug-likeness (QED) is 0.471. The lowest BCUT2D eigenvalue weighted by Crippen LogP contribution is -2.25. The van der Waals surface area contributed by atoms with Gasteiger partial charge < -0.3 is 10.5 Å². The highest BCUT2D eigenvalue weighted by Gasteiger charge is 2.39. The van der Waals surface area contributed by atoms with E-state index in [4.69, 9.17) is 10.5 Å². The van der Waals surface area contributed by atoms with Gasteiger partial charge in [0.05, 0.1) is 5.69 Å². The zero-order chi connectivity index (χ0) is 21.4. The van der Waals surface area contributed by atoms with E-state index in [0.29, 0.717) is 22.8 Å². The normalized spacial score (nSPS) is 17.4. The number of H-pyrrole nitrogens is 1. The largest absolute Gasteiger partial charge is 0.485 e. The van der Waals surface area contributed by atoms with Crippen LogP contribution in [0.3, 0.4) is 0 Å². The fourth-order valence-electron chi connectivity index (χ4n) is 4.10. The Hall–Kier alpha value is -3.81. The van der Waals surface area contributed by atoms with Gasteiger partial charge in [-0.1, -0.05) is 54.6 Å². The summed E-state index contributed by atoms with van der Waals surface area (Å²) < 4.78 is 34.7. The summed E-state index contributed by atoms with van der Waals surface area (Å²) in [5.41, 5.74) is 10.5. The Kier molecular flexibility index (Phi) is 4.62. The van der Waals surface area contributed by atoms with Crippen LogP contribution < -0.4 is 10.5 Å². The highest BCUT2D eigenvalue weighted by atomic mass is 19.3. The van der Waals surface area contributed by atoms with Crippen LogP contribution in [0.2, 0.25) is 0 Å². The van der Waals surface area contributed by atoms with E-state index in [0.717, 1.165) is 22.3 Å². The van der Waals surface area contributed by atoms with E-state index in [9.17, 15) is 8.78 Å². The molecule has 4 aromatic rings. The van der Waals surface area contributed by atoms with E-state index in [1.54, 1.807) is 6.07 Å². The van der Waals surface area contributed by atoms with Gasteiger partial charge in [0, 0.05) is 23.5 Å². The molecule has 5 rings (SSSR count). The lowest BCUT2D eigenvalue weighted by atomic mass is 9.84. The topological polar surface area (TPSA) is 89.7 Å². The molecule has 0 aliphatic carbocycles. The van der Waals surface area contributed by atoms with E-state index in [1.165, 1.54) is 0 Å². The second-order valence-electron chi connectivity index (χ2n) is 7.59. The van der Waals surface area contributed by atoms with Crippen molar-refractivity contribution in [2.75, 3.05) is 12.3 Å². The van der Waals surface area contributed by atoms with Crippen LogP contribution in [-0.2, 0) is 0 Å². The zero-order valence-electron chi connectivity index (χ0n) is 16.4. The number of hydrogen-bond donors (Lipinski definition) is 2.